The van der Waals surface area contributed by atoms with Gasteiger partial charge in [0.15, 0.2) is 0 Å². The molecule has 0 radical (unpaired) electrons. The second-order valence-electron chi connectivity index (χ2n) is 11.2. The molecule has 4 aromatic carbocycles. The zero-order valence-electron chi connectivity index (χ0n) is 23.8. The molecule has 1 amide bonds. The summed E-state index contributed by atoms with van der Waals surface area (Å²) in [5, 5.41) is 11.7. The molecule has 6 heteroatoms. The van der Waals surface area contributed by atoms with Crippen molar-refractivity contribution in [3.63, 3.8) is 0 Å². The zero-order chi connectivity index (χ0) is 29.3. The molecular formula is C35H33NO5. The van der Waals surface area contributed by atoms with Crippen LogP contribution < -0.4 is 14.4 Å². The van der Waals surface area contributed by atoms with Crippen LogP contribution in [0.2, 0.25) is 0 Å². The van der Waals surface area contributed by atoms with Crippen molar-refractivity contribution in [1.82, 2.24) is 0 Å². The Morgan fingerprint density at radius 3 is 2.15 bits per heavy atom. The third-order valence-electron chi connectivity index (χ3n) is 7.18. The molecule has 1 N–H and O–H groups in total. The first kappa shape index (κ1) is 27.7. The molecule has 1 fully saturated rings. The molecule has 5 rings (SSSR count). The standard InChI is InChI=1S/C35H33NO5/c1-22-10-9-11-23(20-22)31-30(32(37)24-14-19-29(40-5)28(21-24)35(2,3)4)33(38)34(39)36(31)25-15-17-27(18-16-25)41-26-12-7-6-8-13-26/h6-21,31,37H,1-5H3/b32-30-. The number of methoxy groups -OCH3 is 1. The van der Waals surface area contributed by atoms with Crippen LogP contribution in [0, 0.1) is 6.92 Å². The van der Waals surface area contributed by atoms with E-state index in [1.807, 2.05) is 88.4 Å². The highest BCUT2D eigenvalue weighted by Gasteiger charge is 2.47. The molecule has 1 heterocycles. The van der Waals surface area contributed by atoms with Crippen LogP contribution in [-0.2, 0) is 15.0 Å². The number of ether oxygens (including phenoxy) is 2. The van der Waals surface area contributed by atoms with Crippen LogP contribution in [0.4, 0.5) is 5.69 Å². The monoisotopic (exact) mass is 547 g/mol. The third kappa shape index (κ3) is 5.46. The number of aryl methyl sites for hydroxylation is 1. The van der Waals surface area contributed by atoms with Crippen molar-refractivity contribution in [3.05, 3.63) is 125 Å². The average molecular weight is 548 g/mol. The summed E-state index contributed by atoms with van der Waals surface area (Å²) in [5.74, 6) is 0.286. The molecule has 6 nitrogen and oxygen atoms in total. The van der Waals surface area contributed by atoms with E-state index < -0.39 is 17.7 Å². The van der Waals surface area contributed by atoms with Crippen molar-refractivity contribution < 1.29 is 24.2 Å². The number of anilines is 1. The molecule has 1 aliphatic heterocycles. The first-order chi connectivity index (χ1) is 19.6. The first-order valence-corrected chi connectivity index (χ1v) is 13.5. The minimum absolute atomic E-state index is 0.0373. The van der Waals surface area contributed by atoms with Gasteiger partial charge in [-0.3, -0.25) is 14.5 Å². The van der Waals surface area contributed by atoms with Crippen molar-refractivity contribution in [2.45, 2.75) is 39.2 Å². The number of nitrogens with zero attached hydrogens (tertiary/aromatic N) is 1. The molecular weight excluding hydrogens is 514 g/mol. The minimum atomic E-state index is -0.823. The fourth-order valence-electron chi connectivity index (χ4n) is 5.15. The van der Waals surface area contributed by atoms with Gasteiger partial charge in [-0.25, -0.2) is 0 Å². The largest absolute Gasteiger partial charge is 0.507 e. The number of rotatable bonds is 6. The maximum Gasteiger partial charge on any atom is 0.300 e. The van der Waals surface area contributed by atoms with E-state index in [0.717, 1.165) is 16.7 Å². The zero-order valence-corrected chi connectivity index (χ0v) is 23.8. The molecule has 1 saturated heterocycles. The van der Waals surface area contributed by atoms with Crippen molar-refractivity contribution in [2.75, 3.05) is 12.0 Å². The maximum absolute atomic E-state index is 13.6. The van der Waals surface area contributed by atoms with Crippen LogP contribution in [0.1, 0.15) is 49.1 Å². The van der Waals surface area contributed by atoms with E-state index in [1.54, 1.807) is 43.5 Å². The van der Waals surface area contributed by atoms with Gasteiger partial charge in [-0.05, 0) is 72.5 Å². The van der Waals surface area contributed by atoms with Gasteiger partial charge in [0.05, 0.1) is 18.7 Å². The lowest BCUT2D eigenvalue weighted by Crippen LogP contribution is -2.29. The molecule has 0 spiro atoms. The van der Waals surface area contributed by atoms with E-state index in [1.165, 1.54) is 4.90 Å². The van der Waals surface area contributed by atoms with Crippen LogP contribution >= 0.6 is 0 Å². The lowest BCUT2D eigenvalue weighted by atomic mass is 9.84. The van der Waals surface area contributed by atoms with Gasteiger partial charge in [0.1, 0.15) is 23.0 Å². The second-order valence-corrected chi connectivity index (χ2v) is 11.2. The van der Waals surface area contributed by atoms with E-state index in [2.05, 4.69) is 0 Å². The number of aliphatic hydroxyl groups excluding tert-OH is 1. The summed E-state index contributed by atoms with van der Waals surface area (Å²) in [5.41, 5.74) is 3.28. The Bertz CT molecular complexity index is 1630. The molecule has 0 aromatic heterocycles. The molecule has 1 atom stereocenters. The Morgan fingerprint density at radius 1 is 0.829 bits per heavy atom. The summed E-state index contributed by atoms with van der Waals surface area (Å²) in [7, 11) is 1.60. The van der Waals surface area contributed by atoms with Crippen molar-refractivity contribution >= 4 is 23.1 Å². The number of aliphatic hydroxyl groups is 1. The van der Waals surface area contributed by atoms with Crippen LogP contribution in [0.15, 0.2) is 103 Å². The highest BCUT2D eigenvalue weighted by Crippen LogP contribution is 2.43. The lowest BCUT2D eigenvalue weighted by molar-refractivity contribution is -0.132. The summed E-state index contributed by atoms with van der Waals surface area (Å²) < 4.78 is 11.5. The fourth-order valence-corrected chi connectivity index (χ4v) is 5.15. The summed E-state index contributed by atoms with van der Waals surface area (Å²) in [6.07, 6.45) is 0. The van der Waals surface area contributed by atoms with E-state index in [9.17, 15) is 14.7 Å². The number of hydrogen-bond donors (Lipinski definition) is 1. The number of Topliss-reactive ketones (excluding diaryl/α,β-unsaturated/α-hetero) is 1. The quantitative estimate of drug-likeness (QED) is 0.152. The molecule has 208 valence electrons. The highest BCUT2D eigenvalue weighted by atomic mass is 16.5. The van der Waals surface area contributed by atoms with Gasteiger partial charge in [0.25, 0.3) is 11.7 Å². The van der Waals surface area contributed by atoms with Crippen molar-refractivity contribution in [3.8, 4) is 17.2 Å². The lowest BCUT2D eigenvalue weighted by Gasteiger charge is -2.26. The van der Waals surface area contributed by atoms with Gasteiger partial charge in [-0.1, -0.05) is 68.8 Å². The van der Waals surface area contributed by atoms with Gasteiger partial charge in [0.2, 0.25) is 0 Å². The highest BCUT2D eigenvalue weighted by molar-refractivity contribution is 6.51. The topological polar surface area (TPSA) is 76.1 Å². The number of benzene rings is 4. The molecule has 41 heavy (non-hydrogen) atoms. The van der Waals surface area contributed by atoms with Gasteiger partial charge in [0, 0.05) is 16.8 Å². The summed E-state index contributed by atoms with van der Waals surface area (Å²) in [6, 6.07) is 28.5. The fraction of sp³-hybridized carbons (Fsp3) is 0.200. The summed E-state index contributed by atoms with van der Waals surface area (Å²) in [4.78, 5) is 28.7. The Labute approximate surface area is 240 Å². The first-order valence-electron chi connectivity index (χ1n) is 13.5. The number of para-hydroxylation sites is 1. The number of carbonyl (C=O) groups is 2. The van der Waals surface area contributed by atoms with E-state index in [-0.39, 0.29) is 16.7 Å². The number of amides is 1. The summed E-state index contributed by atoms with van der Waals surface area (Å²) >= 11 is 0. The predicted molar refractivity (Wildman–Crippen MR) is 161 cm³/mol. The minimum Gasteiger partial charge on any atom is -0.507 e. The van der Waals surface area contributed by atoms with E-state index >= 15 is 0 Å². The number of ketones is 1. The van der Waals surface area contributed by atoms with Gasteiger partial charge in [-0.2, -0.15) is 0 Å². The molecule has 4 aromatic rings. The average Bonchev–Trinajstić information content (AvgIpc) is 3.23. The van der Waals surface area contributed by atoms with Crippen LogP contribution in [-0.4, -0.2) is 23.9 Å². The molecule has 1 aliphatic rings. The van der Waals surface area contributed by atoms with Gasteiger partial charge >= 0.3 is 0 Å². The molecule has 0 saturated carbocycles. The Kier molecular flexibility index (Phi) is 7.41. The van der Waals surface area contributed by atoms with E-state index in [4.69, 9.17) is 9.47 Å². The number of hydrogen-bond acceptors (Lipinski definition) is 5. The SMILES string of the molecule is COc1ccc(/C(O)=C2/C(=O)C(=O)N(c3ccc(Oc4ccccc4)cc3)C2c2cccc(C)c2)cc1C(C)(C)C. The molecule has 1 unspecified atom stereocenters. The van der Waals surface area contributed by atoms with Gasteiger partial charge in [-0.15, -0.1) is 0 Å². The second kappa shape index (κ2) is 11.0. The Balaban J connectivity index is 1.62. The maximum atomic E-state index is 13.6. The van der Waals surface area contributed by atoms with Crippen LogP contribution in [0.5, 0.6) is 17.2 Å². The van der Waals surface area contributed by atoms with Crippen molar-refractivity contribution in [2.24, 2.45) is 0 Å². The third-order valence-corrected chi connectivity index (χ3v) is 7.18. The van der Waals surface area contributed by atoms with Crippen molar-refractivity contribution in [1.29, 1.82) is 0 Å². The Morgan fingerprint density at radius 2 is 1.51 bits per heavy atom. The smallest absolute Gasteiger partial charge is 0.300 e. The van der Waals surface area contributed by atoms with Crippen LogP contribution in [0.3, 0.4) is 0 Å². The molecule has 0 bridgehead atoms. The van der Waals surface area contributed by atoms with Crippen LogP contribution in [0.25, 0.3) is 5.76 Å². The predicted octanol–water partition coefficient (Wildman–Crippen LogP) is 7.72. The van der Waals surface area contributed by atoms with Gasteiger partial charge < -0.3 is 14.6 Å². The normalized spacial score (nSPS) is 16.6. The Hall–Kier alpha value is -4.84. The molecule has 0 aliphatic carbocycles. The van der Waals surface area contributed by atoms with E-state index in [0.29, 0.717) is 28.5 Å². The summed E-state index contributed by atoms with van der Waals surface area (Å²) in [6.45, 7) is 8.09. The number of carbonyl (C=O) groups excluding carboxylic acids is 2.